The van der Waals surface area contributed by atoms with Crippen molar-refractivity contribution in [1.29, 1.82) is 0 Å². The average Bonchev–Trinajstić information content (AvgIpc) is 2.39. The minimum atomic E-state index is -1.02. The van der Waals surface area contributed by atoms with Crippen molar-refractivity contribution in [3.8, 4) is 11.1 Å². The molecule has 3 nitrogen and oxygen atoms in total. The molecule has 0 radical (unpaired) electrons. The van der Waals surface area contributed by atoms with Gasteiger partial charge in [0.1, 0.15) is 6.04 Å². The van der Waals surface area contributed by atoms with Gasteiger partial charge in [0.2, 0.25) is 0 Å². The van der Waals surface area contributed by atoms with Gasteiger partial charge in [-0.2, -0.15) is 0 Å². The van der Waals surface area contributed by atoms with E-state index in [0.29, 0.717) is 5.56 Å². The summed E-state index contributed by atoms with van der Waals surface area (Å²) in [4.78, 5) is 10.8. The second-order valence-corrected chi connectivity index (χ2v) is 4.86. The maximum atomic E-state index is 10.8. The molecule has 0 saturated carbocycles. The zero-order valence-corrected chi connectivity index (χ0v) is 11.1. The smallest absolute Gasteiger partial charge is 0.325 e. The number of nitrogens with two attached hydrogens (primary N) is 1. The third-order valence-electron chi connectivity index (χ3n) is 2.71. The van der Waals surface area contributed by atoms with Gasteiger partial charge in [0, 0.05) is 4.47 Å². The number of aliphatic carboxylic acids is 1. The van der Waals surface area contributed by atoms with Crippen molar-refractivity contribution < 1.29 is 9.90 Å². The molecule has 0 amide bonds. The maximum absolute atomic E-state index is 10.8. The standard InChI is InChI=1S/C14H12BrNO2/c15-12-7-5-10(6-8-12)9-1-3-11(4-2-9)13(16)14(17)18/h1-8,13H,16H2,(H,17,18). The molecular weight excluding hydrogens is 294 g/mol. The van der Waals surface area contributed by atoms with E-state index in [9.17, 15) is 4.79 Å². The molecule has 4 heteroatoms. The van der Waals surface area contributed by atoms with Crippen molar-refractivity contribution in [3.63, 3.8) is 0 Å². The molecule has 2 aromatic rings. The van der Waals surface area contributed by atoms with E-state index in [1.54, 1.807) is 12.1 Å². The van der Waals surface area contributed by atoms with Crippen molar-refractivity contribution in [3.05, 3.63) is 58.6 Å². The van der Waals surface area contributed by atoms with Crippen LogP contribution in [0.1, 0.15) is 11.6 Å². The van der Waals surface area contributed by atoms with Crippen LogP contribution in [-0.2, 0) is 4.79 Å². The molecule has 0 spiro atoms. The van der Waals surface area contributed by atoms with Gasteiger partial charge in [-0.25, -0.2) is 0 Å². The quantitative estimate of drug-likeness (QED) is 0.915. The Morgan fingerprint density at radius 2 is 1.44 bits per heavy atom. The van der Waals surface area contributed by atoms with E-state index in [-0.39, 0.29) is 0 Å². The van der Waals surface area contributed by atoms with Gasteiger partial charge < -0.3 is 10.8 Å². The summed E-state index contributed by atoms with van der Waals surface area (Å²) in [5.74, 6) is -1.02. The summed E-state index contributed by atoms with van der Waals surface area (Å²) in [5, 5.41) is 8.82. The van der Waals surface area contributed by atoms with Gasteiger partial charge in [0.25, 0.3) is 0 Å². The van der Waals surface area contributed by atoms with Crippen LogP contribution in [-0.4, -0.2) is 11.1 Å². The van der Waals surface area contributed by atoms with E-state index in [1.807, 2.05) is 36.4 Å². The molecule has 92 valence electrons. The Morgan fingerprint density at radius 3 is 1.89 bits per heavy atom. The molecule has 1 unspecified atom stereocenters. The minimum absolute atomic E-state index is 0.600. The van der Waals surface area contributed by atoms with E-state index in [2.05, 4.69) is 15.9 Å². The molecule has 0 aliphatic heterocycles. The zero-order valence-electron chi connectivity index (χ0n) is 9.51. The third kappa shape index (κ3) is 2.78. The van der Waals surface area contributed by atoms with Crippen LogP contribution in [0.5, 0.6) is 0 Å². The van der Waals surface area contributed by atoms with Crippen LogP contribution in [0, 0.1) is 0 Å². The normalized spacial score (nSPS) is 12.1. The number of benzene rings is 2. The second-order valence-electron chi connectivity index (χ2n) is 3.94. The number of carboxylic acid groups (broad SMARTS) is 1. The fourth-order valence-electron chi connectivity index (χ4n) is 1.67. The highest BCUT2D eigenvalue weighted by atomic mass is 79.9. The first-order chi connectivity index (χ1) is 8.58. The van der Waals surface area contributed by atoms with Gasteiger partial charge in [-0.15, -0.1) is 0 Å². The topological polar surface area (TPSA) is 63.3 Å². The van der Waals surface area contributed by atoms with Crippen LogP contribution >= 0.6 is 15.9 Å². The molecule has 2 rings (SSSR count). The average molecular weight is 306 g/mol. The summed E-state index contributed by atoms with van der Waals surface area (Å²) < 4.78 is 1.02. The van der Waals surface area contributed by atoms with Gasteiger partial charge >= 0.3 is 5.97 Å². The largest absolute Gasteiger partial charge is 0.480 e. The van der Waals surface area contributed by atoms with E-state index in [1.165, 1.54) is 0 Å². The number of hydrogen-bond acceptors (Lipinski definition) is 2. The first kappa shape index (κ1) is 12.8. The molecule has 0 saturated heterocycles. The summed E-state index contributed by atoms with van der Waals surface area (Å²) in [6.07, 6.45) is 0. The predicted molar refractivity (Wildman–Crippen MR) is 74.1 cm³/mol. The van der Waals surface area contributed by atoms with Gasteiger partial charge in [-0.3, -0.25) is 4.79 Å². The predicted octanol–water partition coefficient (Wildman–Crippen LogP) is 3.20. The van der Waals surface area contributed by atoms with E-state index >= 15 is 0 Å². The molecule has 0 aliphatic rings. The zero-order chi connectivity index (χ0) is 13.1. The van der Waals surface area contributed by atoms with Crippen molar-refractivity contribution in [1.82, 2.24) is 0 Å². The number of halogens is 1. The molecule has 1 atom stereocenters. The molecule has 0 aromatic heterocycles. The Kier molecular flexibility index (Phi) is 3.79. The van der Waals surface area contributed by atoms with Crippen LogP contribution in [0.4, 0.5) is 0 Å². The summed E-state index contributed by atoms with van der Waals surface area (Å²) in [7, 11) is 0. The Bertz CT molecular complexity index is 549. The van der Waals surface area contributed by atoms with Crippen LogP contribution in [0.15, 0.2) is 53.0 Å². The first-order valence-electron chi connectivity index (χ1n) is 5.42. The fraction of sp³-hybridized carbons (Fsp3) is 0.0714. The molecule has 3 N–H and O–H groups in total. The van der Waals surface area contributed by atoms with Crippen LogP contribution in [0.3, 0.4) is 0 Å². The summed E-state index contributed by atoms with van der Waals surface area (Å²) in [6.45, 7) is 0. The molecular formula is C14H12BrNO2. The van der Waals surface area contributed by atoms with Crippen molar-refractivity contribution in [2.24, 2.45) is 5.73 Å². The van der Waals surface area contributed by atoms with E-state index in [4.69, 9.17) is 10.8 Å². The summed E-state index contributed by atoms with van der Waals surface area (Å²) >= 11 is 3.38. The second kappa shape index (κ2) is 5.33. The number of rotatable bonds is 3. The summed E-state index contributed by atoms with van der Waals surface area (Å²) in [6, 6.07) is 14.2. The lowest BCUT2D eigenvalue weighted by Gasteiger charge is -2.08. The Labute approximate surface area is 113 Å². The lowest BCUT2D eigenvalue weighted by Crippen LogP contribution is -2.20. The SMILES string of the molecule is NC(C(=O)O)c1ccc(-c2ccc(Br)cc2)cc1. The molecule has 0 fully saturated rings. The molecule has 18 heavy (non-hydrogen) atoms. The molecule has 0 aliphatic carbocycles. The number of hydrogen-bond donors (Lipinski definition) is 2. The Balaban J connectivity index is 2.27. The Morgan fingerprint density at radius 1 is 1.00 bits per heavy atom. The third-order valence-corrected chi connectivity index (χ3v) is 3.24. The van der Waals surface area contributed by atoms with Gasteiger partial charge in [-0.05, 0) is 28.8 Å². The van der Waals surface area contributed by atoms with Gasteiger partial charge in [0.05, 0.1) is 0 Å². The lowest BCUT2D eigenvalue weighted by atomic mass is 10.0. The Hall–Kier alpha value is -1.65. The molecule has 0 heterocycles. The number of carboxylic acids is 1. The van der Waals surface area contributed by atoms with Crippen LogP contribution in [0.25, 0.3) is 11.1 Å². The maximum Gasteiger partial charge on any atom is 0.325 e. The number of carbonyl (C=O) groups is 1. The highest BCUT2D eigenvalue weighted by molar-refractivity contribution is 9.10. The van der Waals surface area contributed by atoms with Crippen molar-refractivity contribution in [2.75, 3.05) is 0 Å². The van der Waals surface area contributed by atoms with Gasteiger partial charge in [0.15, 0.2) is 0 Å². The van der Waals surface area contributed by atoms with Crippen molar-refractivity contribution >= 4 is 21.9 Å². The van der Waals surface area contributed by atoms with E-state index in [0.717, 1.165) is 15.6 Å². The van der Waals surface area contributed by atoms with Crippen LogP contribution in [0.2, 0.25) is 0 Å². The molecule has 0 bridgehead atoms. The fourth-order valence-corrected chi connectivity index (χ4v) is 1.93. The van der Waals surface area contributed by atoms with Crippen molar-refractivity contribution in [2.45, 2.75) is 6.04 Å². The van der Waals surface area contributed by atoms with Gasteiger partial charge in [-0.1, -0.05) is 52.3 Å². The minimum Gasteiger partial charge on any atom is -0.480 e. The monoisotopic (exact) mass is 305 g/mol. The lowest BCUT2D eigenvalue weighted by molar-refractivity contribution is -0.138. The molecule has 2 aromatic carbocycles. The first-order valence-corrected chi connectivity index (χ1v) is 6.21. The highest BCUT2D eigenvalue weighted by Gasteiger charge is 2.13. The van der Waals surface area contributed by atoms with E-state index < -0.39 is 12.0 Å². The summed E-state index contributed by atoms with van der Waals surface area (Å²) in [5.41, 5.74) is 8.25. The van der Waals surface area contributed by atoms with Crippen LogP contribution < -0.4 is 5.73 Å². The highest BCUT2D eigenvalue weighted by Crippen LogP contribution is 2.23.